The SMILES string of the molecule is C=Cc1[nH]c2cc3c([nH]c4ccc(C)cc43)c(C)c2c1C=C. The van der Waals surface area contributed by atoms with E-state index in [0.29, 0.717) is 0 Å². The number of aromatic nitrogens is 2. The van der Waals surface area contributed by atoms with Crippen LogP contribution in [0.2, 0.25) is 0 Å². The molecular formula is C20H18N2. The first-order valence-corrected chi connectivity index (χ1v) is 7.46. The summed E-state index contributed by atoms with van der Waals surface area (Å²) in [5.74, 6) is 0. The molecule has 0 bridgehead atoms. The zero-order chi connectivity index (χ0) is 15.4. The predicted octanol–water partition coefficient (Wildman–Crippen LogP) is 5.71. The Kier molecular flexibility index (Phi) is 2.58. The van der Waals surface area contributed by atoms with Crippen LogP contribution in [-0.2, 0) is 0 Å². The molecule has 4 rings (SSSR count). The van der Waals surface area contributed by atoms with E-state index >= 15 is 0 Å². The summed E-state index contributed by atoms with van der Waals surface area (Å²) in [6.07, 6.45) is 3.76. The Morgan fingerprint density at radius 3 is 2.45 bits per heavy atom. The van der Waals surface area contributed by atoms with Crippen molar-refractivity contribution < 1.29 is 0 Å². The van der Waals surface area contributed by atoms with E-state index in [-0.39, 0.29) is 0 Å². The molecule has 2 aromatic carbocycles. The van der Waals surface area contributed by atoms with E-state index in [1.54, 1.807) is 0 Å². The number of aryl methyl sites for hydroxylation is 2. The number of hydrogen-bond donors (Lipinski definition) is 2. The van der Waals surface area contributed by atoms with Crippen LogP contribution in [0, 0.1) is 13.8 Å². The fourth-order valence-electron chi connectivity index (χ4n) is 3.48. The van der Waals surface area contributed by atoms with E-state index in [0.717, 1.165) is 16.8 Å². The Balaban J connectivity index is 2.26. The fourth-order valence-corrected chi connectivity index (χ4v) is 3.48. The Bertz CT molecular complexity index is 1070. The summed E-state index contributed by atoms with van der Waals surface area (Å²) in [5.41, 5.74) is 8.20. The number of rotatable bonds is 2. The molecule has 0 amide bonds. The van der Waals surface area contributed by atoms with E-state index in [1.807, 2.05) is 12.2 Å². The van der Waals surface area contributed by atoms with Gasteiger partial charge in [0.25, 0.3) is 0 Å². The van der Waals surface area contributed by atoms with Crippen molar-refractivity contribution >= 4 is 44.9 Å². The van der Waals surface area contributed by atoms with Gasteiger partial charge in [0.15, 0.2) is 0 Å². The van der Waals surface area contributed by atoms with Crippen molar-refractivity contribution in [3.63, 3.8) is 0 Å². The van der Waals surface area contributed by atoms with Gasteiger partial charge in [-0.15, -0.1) is 0 Å². The second-order valence-corrected chi connectivity index (χ2v) is 5.88. The largest absolute Gasteiger partial charge is 0.354 e. The van der Waals surface area contributed by atoms with Crippen molar-refractivity contribution in [1.29, 1.82) is 0 Å². The van der Waals surface area contributed by atoms with Gasteiger partial charge in [-0.1, -0.05) is 30.9 Å². The van der Waals surface area contributed by atoms with Gasteiger partial charge in [-0.3, -0.25) is 0 Å². The van der Waals surface area contributed by atoms with E-state index < -0.39 is 0 Å². The highest BCUT2D eigenvalue weighted by Crippen LogP contribution is 2.36. The third kappa shape index (κ3) is 1.55. The third-order valence-corrected chi connectivity index (χ3v) is 4.54. The monoisotopic (exact) mass is 286 g/mol. The average molecular weight is 286 g/mol. The van der Waals surface area contributed by atoms with Gasteiger partial charge in [-0.2, -0.15) is 0 Å². The lowest BCUT2D eigenvalue weighted by molar-refractivity contribution is 1.43. The minimum atomic E-state index is 1.03. The lowest BCUT2D eigenvalue weighted by Gasteiger charge is -2.01. The van der Waals surface area contributed by atoms with Crippen LogP contribution in [0.1, 0.15) is 22.4 Å². The molecule has 22 heavy (non-hydrogen) atoms. The summed E-state index contributed by atoms with van der Waals surface area (Å²) in [7, 11) is 0. The quantitative estimate of drug-likeness (QED) is 0.473. The van der Waals surface area contributed by atoms with Crippen LogP contribution in [-0.4, -0.2) is 9.97 Å². The lowest BCUT2D eigenvalue weighted by Crippen LogP contribution is -1.81. The number of aromatic amines is 2. The van der Waals surface area contributed by atoms with Crippen molar-refractivity contribution in [3.05, 3.63) is 59.8 Å². The number of H-pyrrole nitrogens is 2. The summed E-state index contributed by atoms with van der Waals surface area (Å²) in [4.78, 5) is 7.03. The maximum atomic E-state index is 3.96. The van der Waals surface area contributed by atoms with E-state index in [1.165, 1.54) is 38.3 Å². The zero-order valence-corrected chi connectivity index (χ0v) is 12.9. The second kappa shape index (κ2) is 4.38. The van der Waals surface area contributed by atoms with Crippen LogP contribution in [0.15, 0.2) is 37.4 Å². The van der Waals surface area contributed by atoms with Gasteiger partial charge >= 0.3 is 0 Å². The highest BCUT2D eigenvalue weighted by molar-refractivity contribution is 6.15. The molecule has 0 spiro atoms. The number of nitrogens with one attached hydrogen (secondary N) is 2. The van der Waals surface area contributed by atoms with E-state index in [2.05, 4.69) is 61.2 Å². The van der Waals surface area contributed by atoms with Crippen molar-refractivity contribution in [2.24, 2.45) is 0 Å². The topological polar surface area (TPSA) is 31.6 Å². The molecule has 0 fully saturated rings. The van der Waals surface area contributed by atoms with Gasteiger partial charge < -0.3 is 9.97 Å². The molecule has 2 aromatic heterocycles. The minimum Gasteiger partial charge on any atom is -0.354 e. The second-order valence-electron chi connectivity index (χ2n) is 5.88. The maximum Gasteiger partial charge on any atom is 0.0502 e. The molecule has 4 aromatic rings. The van der Waals surface area contributed by atoms with Crippen LogP contribution < -0.4 is 0 Å². The molecule has 0 aliphatic heterocycles. The highest BCUT2D eigenvalue weighted by Gasteiger charge is 2.15. The molecule has 2 N–H and O–H groups in total. The van der Waals surface area contributed by atoms with Crippen molar-refractivity contribution in [3.8, 4) is 0 Å². The number of fused-ring (bicyclic) bond motifs is 4. The number of hydrogen-bond acceptors (Lipinski definition) is 0. The van der Waals surface area contributed by atoms with Crippen LogP contribution in [0.4, 0.5) is 0 Å². The standard InChI is InChI=1S/C20H18N2/c1-5-13-16(6-2)21-18-10-15-14-9-11(3)7-8-17(14)22-20(15)12(4)19(13)18/h5-10,21-22H,1-2H2,3-4H3. The average Bonchev–Trinajstić information content (AvgIpc) is 3.06. The van der Waals surface area contributed by atoms with Crippen molar-refractivity contribution in [2.45, 2.75) is 13.8 Å². The van der Waals surface area contributed by atoms with Crippen LogP contribution >= 0.6 is 0 Å². The maximum absolute atomic E-state index is 3.96. The highest BCUT2D eigenvalue weighted by atomic mass is 14.7. The molecule has 108 valence electrons. The smallest absolute Gasteiger partial charge is 0.0502 e. The zero-order valence-electron chi connectivity index (χ0n) is 12.9. The Labute approximate surface area is 129 Å². The first-order chi connectivity index (χ1) is 10.6. The lowest BCUT2D eigenvalue weighted by atomic mass is 10.0. The van der Waals surface area contributed by atoms with Crippen LogP contribution in [0.5, 0.6) is 0 Å². The molecule has 0 saturated heterocycles. The molecule has 0 unspecified atom stereocenters. The van der Waals surface area contributed by atoms with Gasteiger partial charge in [0.05, 0.1) is 5.52 Å². The summed E-state index contributed by atoms with van der Waals surface area (Å²) < 4.78 is 0. The minimum absolute atomic E-state index is 1.03. The summed E-state index contributed by atoms with van der Waals surface area (Å²) >= 11 is 0. The van der Waals surface area contributed by atoms with Crippen molar-refractivity contribution in [1.82, 2.24) is 9.97 Å². The summed E-state index contributed by atoms with van der Waals surface area (Å²) in [5, 5.41) is 3.76. The molecular weight excluding hydrogens is 268 g/mol. The van der Waals surface area contributed by atoms with Gasteiger partial charge in [-0.05, 0) is 43.7 Å². The molecule has 0 saturated carbocycles. The van der Waals surface area contributed by atoms with Gasteiger partial charge in [0, 0.05) is 38.4 Å². The van der Waals surface area contributed by atoms with Crippen LogP contribution in [0.3, 0.4) is 0 Å². The van der Waals surface area contributed by atoms with Crippen molar-refractivity contribution in [2.75, 3.05) is 0 Å². The van der Waals surface area contributed by atoms with Gasteiger partial charge in [0.2, 0.25) is 0 Å². The predicted molar refractivity (Wildman–Crippen MR) is 97.3 cm³/mol. The molecule has 0 atom stereocenters. The molecule has 0 aliphatic rings. The molecule has 2 nitrogen and oxygen atoms in total. The number of benzene rings is 2. The molecule has 2 heterocycles. The first kappa shape index (κ1) is 13.0. The normalized spacial score (nSPS) is 11.5. The van der Waals surface area contributed by atoms with Gasteiger partial charge in [0.1, 0.15) is 0 Å². The van der Waals surface area contributed by atoms with Crippen LogP contribution in [0.25, 0.3) is 44.9 Å². The Hall–Kier alpha value is -2.74. The Morgan fingerprint density at radius 1 is 0.909 bits per heavy atom. The Morgan fingerprint density at radius 2 is 1.73 bits per heavy atom. The summed E-state index contributed by atoms with van der Waals surface area (Å²) in [6, 6.07) is 8.77. The van der Waals surface area contributed by atoms with E-state index in [9.17, 15) is 0 Å². The summed E-state index contributed by atoms with van der Waals surface area (Å²) in [6.45, 7) is 12.2. The van der Waals surface area contributed by atoms with Gasteiger partial charge in [-0.25, -0.2) is 0 Å². The van der Waals surface area contributed by atoms with E-state index in [4.69, 9.17) is 0 Å². The molecule has 0 radical (unpaired) electrons. The fraction of sp³-hybridized carbons (Fsp3) is 0.100. The molecule has 2 heteroatoms. The molecule has 0 aliphatic carbocycles. The third-order valence-electron chi connectivity index (χ3n) is 4.54. The first-order valence-electron chi connectivity index (χ1n) is 7.46.